The van der Waals surface area contributed by atoms with Crippen LogP contribution in [0, 0.1) is 0 Å². The Morgan fingerprint density at radius 1 is 1.31 bits per heavy atom. The number of rotatable bonds is 6. The third-order valence-corrected chi connectivity index (χ3v) is 2.37. The van der Waals surface area contributed by atoms with Crippen molar-refractivity contribution in [3.8, 4) is 0 Å². The van der Waals surface area contributed by atoms with Crippen molar-refractivity contribution in [3.05, 3.63) is 35.9 Å². The van der Waals surface area contributed by atoms with Crippen LogP contribution in [-0.2, 0) is 11.2 Å². The molecule has 0 aliphatic carbocycles. The van der Waals surface area contributed by atoms with E-state index in [0.29, 0.717) is 19.5 Å². The van der Waals surface area contributed by atoms with Crippen LogP contribution in [0.25, 0.3) is 0 Å². The van der Waals surface area contributed by atoms with Gasteiger partial charge in [0.2, 0.25) is 5.91 Å². The lowest BCUT2D eigenvalue weighted by atomic mass is 10.1. The summed E-state index contributed by atoms with van der Waals surface area (Å²) < 4.78 is 0. The molecule has 88 valence electrons. The zero-order valence-corrected chi connectivity index (χ0v) is 9.36. The number of nitrogens with two attached hydrogens (primary N) is 2. The second-order valence-corrected chi connectivity index (χ2v) is 3.71. The summed E-state index contributed by atoms with van der Waals surface area (Å²) in [5, 5.41) is 2.68. The van der Waals surface area contributed by atoms with Crippen LogP contribution in [0.15, 0.2) is 30.3 Å². The Labute approximate surface area is 96.0 Å². The summed E-state index contributed by atoms with van der Waals surface area (Å²) in [6.07, 6.45) is 1.47. The fourth-order valence-corrected chi connectivity index (χ4v) is 1.42. The summed E-state index contributed by atoms with van der Waals surface area (Å²) in [6.45, 7) is 0.926. The van der Waals surface area contributed by atoms with Gasteiger partial charge in [-0.3, -0.25) is 4.79 Å². The number of aryl methyl sites for hydroxylation is 1. The zero-order chi connectivity index (χ0) is 11.8. The summed E-state index contributed by atoms with van der Waals surface area (Å²) in [5.74, 6) is -0.124. The lowest BCUT2D eigenvalue weighted by Crippen LogP contribution is -2.42. The van der Waals surface area contributed by atoms with Crippen molar-refractivity contribution >= 4 is 5.91 Å². The van der Waals surface area contributed by atoms with Gasteiger partial charge in [-0.15, -0.1) is 0 Å². The molecule has 0 bridgehead atoms. The van der Waals surface area contributed by atoms with Crippen molar-refractivity contribution in [1.29, 1.82) is 0 Å². The minimum absolute atomic E-state index is 0.124. The molecule has 0 saturated carbocycles. The average molecular weight is 221 g/mol. The lowest BCUT2D eigenvalue weighted by Gasteiger charge is -2.11. The molecular weight excluding hydrogens is 202 g/mol. The summed E-state index contributed by atoms with van der Waals surface area (Å²) in [7, 11) is 0. The number of carbonyl (C=O) groups is 1. The number of benzene rings is 1. The monoisotopic (exact) mass is 221 g/mol. The van der Waals surface area contributed by atoms with E-state index in [1.54, 1.807) is 0 Å². The van der Waals surface area contributed by atoms with E-state index >= 15 is 0 Å². The predicted octanol–water partition coefficient (Wildman–Crippen LogP) is 0.0214. The first kappa shape index (κ1) is 12.7. The molecule has 4 nitrogen and oxygen atoms in total. The highest BCUT2D eigenvalue weighted by Gasteiger charge is 2.11. The summed E-state index contributed by atoms with van der Waals surface area (Å²) in [4.78, 5) is 11.4. The highest BCUT2D eigenvalue weighted by molar-refractivity contribution is 5.81. The van der Waals surface area contributed by atoms with E-state index in [4.69, 9.17) is 11.5 Å². The van der Waals surface area contributed by atoms with Crippen LogP contribution >= 0.6 is 0 Å². The molecule has 1 atom stereocenters. The predicted molar refractivity (Wildman–Crippen MR) is 64.8 cm³/mol. The van der Waals surface area contributed by atoms with Crippen LogP contribution in [0.5, 0.6) is 0 Å². The van der Waals surface area contributed by atoms with E-state index in [1.807, 2.05) is 30.3 Å². The second-order valence-electron chi connectivity index (χ2n) is 3.71. The quantitative estimate of drug-likeness (QED) is 0.633. The van der Waals surface area contributed by atoms with E-state index in [1.165, 1.54) is 5.56 Å². The van der Waals surface area contributed by atoms with Gasteiger partial charge in [0.1, 0.15) is 0 Å². The Bertz CT molecular complexity index is 313. The maximum atomic E-state index is 11.4. The molecule has 1 amide bonds. The molecule has 0 aliphatic rings. The van der Waals surface area contributed by atoms with E-state index < -0.39 is 6.04 Å². The highest BCUT2D eigenvalue weighted by Crippen LogP contribution is 2.03. The van der Waals surface area contributed by atoms with E-state index in [-0.39, 0.29) is 5.91 Å². The molecule has 1 aromatic rings. The SMILES string of the molecule is NCCNC(=O)C(N)CCc1ccccc1. The maximum absolute atomic E-state index is 11.4. The molecule has 0 aliphatic heterocycles. The van der Waals surface area contributed by atoms with Gasteiger partial charge in [-0.1, -0.05) is 30.3 Å². The van der Waals surface area contributed by atoms with Crippen molar-refractivity contribution < 1.29 is 4.79 Å². The first-order chi connectivity index (χ1) is 7.74. The Kier molecular flexibility index (Phi) is 5.53. The summed E-state index contributed by atoms with van der Waals surface area (Å²) in [5.41, 5.74) is 12.2. The van der Waals surface area contributed by atoms with Gasteiger partial charge in [-0.05, 0) is 18.4 Å². The van der Waals surface area contributed by atoms with Gasteiger partial charge in [0.05, 0.1) is 6.04 Å². The lowest BCUT2D eigenvalue weighted by molar-refractivity contribution is -0.122. The number of nitrogens with one attached hydrogen (secondary N) is 1. The standard InChI is InChI=1S/C12H19N3O/c13-8-9-15-12(16)11(14)7-6-10-4-2-1-3-5-10/h1-5,11H,6-9,13-14H2,(H,15,16). The minimum atomic E-state index is -0.452. The second kappa shape index (κ2) is 6.98. The van der Waals surface area contributed by atoms with E-state index in [0.717, 1.165) is 6.42 Å². The molecular formula is C12H19N3O. The number of hydrogen-bond donors (Lipinski definition) is 3. The molecule has 0 aromatic heterocycles. The van der Waals surface area contributed by atoms with Crippen LogP contribution < -0.4 is 16.8 Å². The van der Waals surface area contributed by atoms with Crippen molar-refractivity contribution in [2.45, 2.75) is 18.9 Å². The molecule has 0 saturated heterocycles. The fourth-order valence-electron chi connectivity index (χ4n) is 1.42. The Balaban J connectivity index is 2.29. The van der Waals surface area contributed by atoms with Crippen LogP contribution in [0.4, 0.5) is 0 Å². The van der Waals surface area contributed by atoms with Crippen molar-refractivity contribution in [2.75, 3.05) is 13.1 Å². The van der Waals surface area contributed by atoms with E-state index in [2.05, 4.69) is 5.32 Å². The molecule has 0 radical (unpaired) electrons. The van der Waals surface area contributed by atoms with E-state index in [9.17, 15) is 4.79 Å². The topological polar surface area (TPSA) is 81.1 Å². The molecule has 0 fully saturated rings. The first-order valence-corrected chi connectivity index (χ1v) is 5.51. The van der Waals surface area contributed by atoms with Gasteiger partial charge >= 0.3 is 0 Å². The van der Waals surface area contributed by atoms with Crippen LogP contribution in [0.1, 0.15) is 12.0 Å². The number of amides is 1. The highest BCUT2D eigenvalue weighted by atomic mass is 16.2. The Hall–Kier alpha value is -1.39. The smallest absolute Gasteiger partial charge is 0.236 e. The van der Waals surface area contributed by atoms with Gasteiger partial charge in [0.15, 0.2) is 0 Å². The van der Waals surface area contributed by atoms with Crippen molar-refractivity contribution in [2.24, 2.45) is 11.5 Å². The first-order valence-electron chi connectivity index (χ1n) is 5.51. The third kappa shape index (κ3) is 4.42. The van der Waals surface area contributed by atoms with Gasteiger partial charge < -0.3 is 16.8 Å². The molecule has 0 heterocycles. The van der Waals surface area contributed by atoms with Crippen molar-refractivity contribution in [3.63, 3.8) is 0 Å². The van der Waals surface area contributed by atoms with Gasteiger partial charge in [-0.2, -0.15) is 0 Å². The van der Waals surface area contributed by atoms with Gasteiger partial charge in [0, 0.05) is 13.1 Å². The van der Waals surface area contributed by atoms with Crippen LogP contribution in [0.2, 0.25) is 0 Å². The third-order valence-electron chi connectivity index (χ3n) is 2.37. The molecule has 1 rings (SSSR count). The Morgan fingerprint density at radius 3 is 2.62 bits per heavy atom. The fraction of sp³-hybridized carbons (Fsp3) is 0.417. The molecule has 5 N–H and O–H groups in total. The molecule has 0 spiro atoms. The van der Waals surface area contributed by atoms with Gasteiger partial charge in [0.25, 0.3) is 0 Å². The largest absolute Gasteiger partial charge is 0.353 e. The minimum Gasteiger partial charge on any atom is -0.353 e. The number of carbonyl (C=O) groups excluding carboxylic acids is 1. The van der Waals surface area contributed by atoms with Crippen molar-refractivity contribution in [1.82, 2.24) is 5.32 Å². The summed E-state index contributed by atoms with van der Waals surface area (Å²) >= 11 is 0. The Morgan fingerprint density at radius 2 is 2.00 bits per heavy atom. The average Bonchev–Trinajstić information content (AvgIpc) is 2.34. The van der Waals surface area contributed by atoms with Gasteiger partial charge in [-0.25, -0.2) is 0 Å². The molecule has 4 heteroatoms. The van der Waals surface area contributed by atoms with Crippen LogP contribution in [-0.4, -0.2) is 25.0 Å². The molecule has 1 unspecified atom stereocenters. The molecule has 16 heavy (non-hydrogen) atoms. The maximum Gasteiger partial charge on any atom is 0.236 e. The summed E-state index contributed by atoms with van der Waals surface area (Å²) in [6, 6.07) is 9.55. The van der Waals surface area contributed by atoms with Crippen LogP contribution in [0.3, 0.4) is 0 Å². The number of hydrogen-bond acceptors (Lipinski definition) is 3. The normalized spacial score (nSPS) is 12.1. The zero-order valence-electron chi connectivity index (χ0n) is 9.36. The molecule has 1 aromatic carbocycles.